The van der Waals surface area contributed by atoms with Crippen molar-refractivity contribution >= 4 is 5.97 Å². The van der Waals surface area contributed by atoms with Gasteiger partial charge in [0.2, 0.25) is 0 Å². The van der Waals surface area contributed by atoms with Gasteiger partial charge in [0, 0.05) is 30.9 Å². The molecule has 0 saturated carbocycles. The van der Waals surface area contributed by atoms with Gasteiger partial charge in [0.1, 0.15) is 30.0 Å². The average Bonchev–Trinajstić information content (AvgIpc) is 2.99. The van der Waals surface area contributed by atoms with Gasteiger partial charge in [0.05, 0.1) is 0 Å². The van der Waals surface area contributed by atoms with Crippen molar-refractivity contribution < 1.29 is 19.0 Å². The number of ether oxygens (including phenoxy) is 3. The first-order chi connectivity index (χ1) is 19.6. The molecule has 1 heterocycles. The van der Waals surface area contributed by atoms with Gasteiger partial charge in [-0.15, -0.1) is 0 Å². The fourth-order valence-electron chi connectivity index (χ4n) is 5.62. The molecule has 0 bridgehead atoms. The molecular formula is C35H37NO4. The standard InChI is InChI=1S/C35H37NO4/c1-4-36(5-2)23-24-38-29-19-15-27(16-20-29)33-31-13-9-10-14-32(31)40-35(34(33)26-11-7-6-8-12-26)28-17-21-30(22-18-28)39-25(3)37/h6-22,33-35H,4-5,23-24H2,1-3H3/t33-,34+,35-/m0/s1. The Labute approximate surface area is 237 Å². The van der Waals surface area contributed by atoms with E-state index < -0.39 is 0 Å². The monoisotopic (exact) mass is 535 g/mol. The van der Waals surface area contributed by atoms with Crippen molar-refractivity contribution in [2.75, 3.05) is 26.2 Å². The van der Waals surface area contributed by atoms with Crippen LogP contribution in [0.25, 0.3) is 0 Å². The van der Waals surface area contributed by atoms with Crippen molar-refractivity contribution in [1.82, 2.24) is 4.90 Å². The zero-order valence-corrected chi connectivity index (χ0v) is 23.5. The molecule has 1 aliphatic heterocycles. The van der Waals surface area contributed by atoms with Crippen LogP contribution in [0.5, 0.6) is 17.2 Å². The Hall–Kier alpha value is -4.09. The summed E-state index contributed by atoms with van der Waals surface area (Å²) in [6.45, 7) is 9.39. The first kappa shape index (κ1) is 27.5. The first-order valence-corrected chi connectivity index (χ1v) is 14.1. The van der Waals surface area contributed by atoms with Gasteiger partial charge in [-0.3, -0.25) is 4.79 Å². The molecule has 0 fully saturated rings. The topological polar surface area (TPSA) is 48.0 Å². The quantitative estimate of drug-likeness (QED) is 0.157. The summed E-state index contributed by atoms with van der Waals surface area (Å²) in [7, 11) is 0. The van der Waals surface area contributed by atoms with Crippen molar-refractivity contribution in [3.8, 4) is 17.2 Å². The molecule has 4 aromatic carbocycles. The largest absolute Gasteiger partial charge is 0.492 e. The number of nitrogens with zero attached hydrogens (tertiary/aromatic N) is 1. The Kier molecular flexibility index (Phi) is 8.82. The molecule has 5 nitrogen and oxygen atoms in total. The molecule has 0 amide bonds. The van der Waals surface area contributed by atoms with Crippen LogP contribution in [-0.4, -0.2) is 37.1 Å². The van der Waals surface area contributed by atoms with Crippen LogP contribution in [-0.2, 0) is 4.79 Å². The predicted octanol–water partition coefficient (Wildman–Crippen LogP) is 7.38. The maximum atomic E-state index is 11.5. The zero-order chi connectivity index (χ0) is 27.9. The molecule has 0 N–H and O–H groups in total. The molecule has 0 unspecified atom stereocenters. The van der Waals surface area contributed by atoms with Crippen LogP contribution < -0.4 is 14.2 Å². The number of likely N-dealkylation sites (N-methyl/N-ethyl adjacent to an activating group) is 1. The van der Waals surface area contributed by atoms with Gasteiger partial charge >= 0.3 is 5.97 Å². The molecular weight excluding hydrogens is 498 g/mol. The molecule has 3 atom stereocenters. The molecule has 0 spiro atoms. The van der Waals surface area contributed by atoms with Crippen molar-refractivity contribution in [2.45, 2.75) is 38.7 Å². The molecule has 0 aromatic heterocycles. The van der Waals surface area contributed by atoms with Crippen molar-refractivity contribution in [1.29, 1.82) is 0 Å². The molecule has 206 valence electrons. The second kappa shape index (κ2) is 12.8. The van der Waals surface area contributed by atoms with Crippen LogP contribution in [0.15, 0.2) is 103 Å². The minimum Gasteiger partial charge on any atom is -0.492 e. The summed E-state index contributed by atoms with van der Waals surface area (Å²) in [5.74, 6) is 2.04. The SMILES string of the molecule is CCN(CC)CCOc1ccc([C@H]2c3ccccc3O[C@@H](c3ccc(OC(C)=O)cc3)[C@@H]2c2ccccc2)cc1. The molecule has 0 radical (unpaired) electrons. The highest BCUT2D eigenvalue weighted by Gasteiger charge is 2.41. The molecule has 5 heteroatoms. The minimum absolute atomic E-state index is 0.0186. The predicted molar refractivity (Wildman–Crippen MR) is 158 cm³/mol. The summed E-state index contributed by atoms with van der Waals surface area (Å²) >= 11 is 0. The lowest BCUT2D eigenvalue weighted by Crippen LogP contribution is -2.29. The van der Waals surface area contributed by atoms with E-state index in [1.807, 2.05) is 36.4 Å². The van der Waals surface area contributed by atoms with E-state index in [0.29, 0.717) is 12.4 Å². The van der Waals surface area contributed by atoms with Gasteiger partial charge in [-0.05, 0) is 60.1 Å². The fraction of sp³-hybridized carbons (Fsp3) is 0.286. The van der Waals surface area contributed by atoms with E-state index in [0.717, 1.165) is 36.7 Å². The molecule has 0 saturated heterocycles. The van der Waals surface area contributed by atoms with Crippen molar-refractivity contribution in [2.24, 2.45) is 0 Å². The fourth-order valence-corrected chi connectivity index (χ4v) is 5.62. The molecule has 1 aliphatic rings. The Morgan fingerprint density at radius 1 is 0.750 bits per heavy atom. The number of carbonyl (C=O) groups excluding carboxylic acids is 1. The number of hydrogen-bond acceptors (Lipinski definition) is 5. The van der Waals surface area contributed by atoms with Gasteiger partial charge in [-0.1, -0.05) is 86.6 Å². The summed E-state index contributed by atoms with van der Waals surface area (Å²) in [6.07, 6.45) is -0.237. The molecule has 0 aliphatic carbocycles. The summed E-state index contributed by atoms with van der Waals surface area (Å²) in [6, 6.07) is 35.1. The maximum absolute atomic E-state index is 11.5. The summed E-state index contributed by atoms with van der Waals surface area (Å²) < 4.78 is 18.1. The summed E-state index contributed by atoms with van der Waals surface area (Å²) in [5.41, 5.74) is 4.61. The number of fused-ring (bicyclic) bond motifs is 1. The highest BCUT2D eigenvalue weighted by atomic mass is 16.5. The summed E-state index contributed by atoms with van der Waals surface area (Å²) in [4.78, 5) is 13.8. The highest BCUT2D eigenvalue weighted by molar-refractivity contribution is 5.69. The van der Waals surface area contributed by atoms with E-state index >= 15 is 0 Å². The molecule has 40 heavy (non-hydrogen) atoms. The molecule has 5 rings (SSSR count). The zero-order valence-electron chi connectivity index (χ0n) is 23.5. The van der Waals surface area contributed by atoms with Crippen LogP contribution in [0.3, 0.4) is 0 Å². The number of hydrogen-bond donors (Lipinski definition) is 0. The highest BCUT2D eigenvalue weighted by Crippen LogP contribution is 2.53. The number of rotatable bonds is 10. The van der Waals surface area contributed by atoms with Crippen molar-refractivity contribution in [3.63, 3.8) is 0 Å². The number of benzene rings is 4. The van der Waals surface area contributed by atoms with Crippen LogP contribution in [0, 0.1) is 0 Å². The van der Waals surface area contributed by atoms with E-state index in [1.165, 1.54) is 23.6 Å². The number of carbonyl (C=O) groups is 1. The normalized spacial score (nSPS) is 18.1. The van der Waals surface area contributed by atoms with E-state index in [1.54, 1.807) is 0 Å². The van der Waals surface area contributed by atoms with E-state index in [4.69, 9.17) is 14.2 Å². The van der Waals surface area contributed by atoms with Crippen LogP contribution in [0.4, 0.5) is 0 Å². The smallest absolute Gasteiger partial charge is 0.308 e. The Bertz CT molecular complexity index is 1380. The van der Waals surface area contributed by atoms with Gasteiger partial charge < -0.3 is 19.1 Å². The van der Waals surface area contributed by atoms with E-state index in [-0.39, 0.29) is 23.9 Å². The first-order valence-electron chi connectivity index (χ1n) is 14.1. The van der Waals surface area contributed by atoms with E-state index in [2.05, 4.69) is 85.5 Å². The summed E-state index contributed by atoms with van der Waals surface area (Å²) in [5, 5.41) is 0. The minimum atomic E-state index is -0.335. The Morgan fingerprint density at radius 3 is 2.05 bits per heavy atom. The lowest BCUT2D eigenvalue weighted by atomic mass is 9.71. The molecule has 4 aromatic rings. The van der Waals surface area contributed by atoms with Crippen LogP contribution in [0.1, 0.15) is 61.0 Å². The number of esters is 1. The second-order valence-corrected chi connectivity index (χ2v) is 10.1. The van der Waals surface area contributed by atoms with Gasteiger partial charge in [0.25, 0.3) is 0 Å². The van der Waals surface area contributed by atoms with Crippen molar-refractivity contribution in [3.05, 3.63) is 125 Å². The Morgan fingerprint density at radius 2 is 1.38 bits per heavy atom. The lowest BCUT2D eigenvalue weighted by molar-refractivity contribution is -0.131. The average molecular weight is 536 g/mol. The van der Waals surface area contributed by atoms with Crippen LogP contribution in [0.2, 0.25) is 0 Å². The third kappa shape index (κ3) is 6.21. The second-order valence-electron chi connectivity index (χ2n) is 10.1. The van der Waals surface area contributed by atoms with Crippen LogP contribution >= 0.6 is 0 Å². The van der Waals surface area contributed by atoms with Gasteiger partial charge in [-0.25, -0.2) is 0 Å². The number of para-hydroxylation sites is 1. The third-order valence-electron chi connectivity index (χ3n) is 7.66. The maximum Gasteiger partial charge on any atom is 0.308 e. The van der Waals surface area contributed by atoms with E-state index in [9.17, 15) is 4.79 Å². The van der Waals surface area contributed by atoms with Gasteiger partial charge in [0.15, 0.2) is 0 Å². The lowest BCUT2D eigenvalue weighted by Gasteiger charge is -2.40. The Balaban J connectivity index is 1.51. The third-order valence-corrected chi connectivity index (χ3v) is 7.66. The van der Waals surface area contributed by atoms with Gasteiger partial charge in [-0.2, -0.15) is 0 Å².